The van der Waals surface area contributed by atoms with Gasteiger partial charge in [-0.3, -0.25) is 0 Å². The molecule has 4 heteroatoms. The second-order valence-electron chi connectivity index (χ2n) is 4.87. The number of aromatic nitrogens is 3. The zero-order valence-corrected chi connectivity index (χ0v) is 10.1. The molecule has 2 heterocycles. The molecule has 0 aliphatic carbocycles. The third-order valence-electron chi connectivity index (χ3n) is 3.08. The van der Waals surface area contributed by atoms with Crippen LogP contribution >= 0.6 is 0 Å². The lowest BCUT2D eigenvalue weighted by Crippen LogP contribution is -2.31. The monoisotopic (exact) mass is 220 g/mol. The normalized spacial score (nSPS) is 21.3. The zero-order chi connectivity index (χ0) is 11.4. The molecule has 0 amide bonds. The molecule has 1 N–H and O–H groups in total. The fraction of sp³-hybridized carbons (Fsp3) is 0.750. The molecule has 1 atom stereocenters. The van der Waals surface area contributed by atoms with Crippen molar-refractivity contribution in [3.8, 4) is 0 Å². The van der Waals surface area contributed by atoms with Crippen molar-refractivity contribution in [1.29, 1.82) is 0 Å². The SMILES string of the molecule is CC(C)c1cnnc(CC2CCCNC2)n1. The highest BCUT2D eigenvalue weighted by atomic mass is 15.1. The van der Waals surface area contributed by atoms with Crippen molar-refractivity contribution in [2.24, 2.45) is 5.92 Å². The number of hydrogen-bond donors (Lipinski definition) is 1. The molecule has 88 valence electrons. The smallest absolute Gasteiger partial charge is 0.151 e. The van der Waals surface area contributed by atoms with Crippen molar-refractivity contribution in [2.75, 3.05) is 13.1 Å². The minimum Gasteiger partial charge on any atom is -0.316 e. The Hall–Kier alpha value is -1.03. The van der Waals surface area contributed by atoms with Crippen LogP contribution in [-0.2, 0) is 6.42 Å². The molecule has 1 fully saturated rings. The Bertz CT molecular complexity index is 332. The van der Waals surface area contributed by atoms with E-state index in [4.69, 9.17) is 0 Å². The largest absolute Gasteiger partial charge is 0.316 e. The maximum absolute atomic E-state index is 4.56. The van der Waals surface area contributed by atoms with Gasteiger partial charge in [-0.05, 0) is 37.8 Å². The van der Waals surface area contributed by atoms with Gasteiger partial charge >= 0.3 is 0 Å². The van der Waals surface area contributed by atoms with Crippen LogP contribution in [-0.4, -0.2) is 28.3 Å². The summed E-state index contributed by atoms with van der Waals surface area (Å²) in [4.78, 5) is 4.56. The Balaban J connectivity index is 2.00. The Labute approximate surface area is 96.9 Å². The van der Waals surface area contributed by atoms with E-state index < -0.39 is 0 Å². The first-order chi connectivity index (χ1) is 7.75. The summed E-state index contributed by atoms with van der Waals surface area (Å²) in [5, 5.41) is 11.6. The van der Waals surface area contributed by atoms with Crippen LogP contribution in [0.4, 0.5) is 0 Å². The van der Waals surface area contributed by atoms with Crippen molar-refractivity contribution in [3.63, 3.8) is 0 Å². The van der Waals surface area contributed by atoms with Gasteiger partial charge in [0.25, 0.3) is 0 Å². The number of piperidine rings is 1. The molecule has 16 heavy (non-hydrogen) atoms. The van der Waals surface area contributed by atoms with E-state index in [1.54, 1.807) is 6.20 Å². The van der Waals surface area contributed by atoms with E-state index >= 15 is 0 Å². The van der Waals surface area contributed by atoms with E-state index in [1.807, 2.05) is 0 Å². The van der Waals surface area contributed by atoms with Crippen molar-refractivity contribution in [3.05, 3.63) is 17.7 Å². The third-order valence-corrected chi connectivity index (χ3v) is 3.08. The average molecular weight is 220 g/mol. The predicted octanol–water partition coefficient (Wildman–Crippen LogP) is 1.54. The fourth-order valence-electron chi connectivity index (χ4n) is 2.08. The highest BCUT2D eigenvalue weighted by molar-refractivity contribution is 5.02. The van der Waals surface area contributed by atoms with E-state index in [0.717, 1.165) is 31.0 Å². The molecule has 1 aromatic rings. The van der Waals surface area contributed by atoms with E-state index in [9.17, 15) is 0 Å². The van der Waals surface area contributed by atoms with E-state index in [0.29, 0.717) is 11.8 Å². The van der Waals surface area contributed by atoms with Crippen LogP contribution in [0.3, 0.4) is 0 Å². The van der Waals surface area contributed by atoms with Gasteiger partial charge in [0.15, 0.2) is 5.82 Å². The molecule has 0 bridgehead atoms. The van der Waals surface area contributed by atoms with Crippen LogP contribution in [0.25, 0.3) is 0 Å². The molecule has 1 aliphatic rings. The maximum atomic E-state index is 4.56. The number of nitrogens with zero attached hydrogens (tertiary/aromatic N) is 3. The van der Waals surface area contributed by atoms with Gasteiger partial charge in [-0.2, -0.15) is 5.10 Å². The second-order valence-corrected chi connectivity index (χ2v) is 4.87. The number of rotatable bonds is 3. The lowest BCUT2D eigenvalue weighted by atomic mass is 9.96. The summed E-state index contributed by atoms with van der Waals surface area (Å²) in [6.45, 7) is 6.52. The zero-order valence-electron chi connectivity index (χ0n) is 10.1. The fourth-order valence-corrected chi connectivity index (χ4v) is 2.08. The first-order valence-electron chi connectivity index (χ1n) is 6.15. The van der Waals surface area contributed by atoms with Gasteiger partial charge in [-0.15, -0.1) is 5.10 Å². The lowest BCUT2D eigenvalue weighted by Gasteiger charge is -2.21. The summed E-state index contributed by atoms with van der Waals surface area (Å²) in [5.41, 5.74) is 1.05. The Morgan fingerprint density at radius 2 is 2.38 bits per heavy atom. The summed E-state index contributed by atoms with van der Waals surface area (Å²) in [7, 11) is 0. The molecule has 0 aromatic carbocycles. The molecule has 4 nitrogen and oxygen atoms in total. The van der Waals surface area contributed by atoms with Crippen molar-refractivity contribution in [1.82, 2.24) is 20.5 Å². The molecular weight excluding hydrogens is 200 g/mol. The molecule has 1 saturated heterocycles. The van der Waals surface area contributed by atoms with E-state index in [2.05, 4.69) is 34.3 Å². The Morgan fingerprint density at radius 3 is 3.06 bits per heavy atom. The number of nitrogens with one attached hydrogen (secondary N) is 1. The maximum Gasteiger partial charge on any atom is 0.151 e. The molecule has 1 unspecified atom stereocenters. The summed E-state index contributed by atoms with van der Waals surface area (Å²) in [5.74, 6) is 2.01. The van der Waals surface area contributed by atoms with Crippen molar-refractivity contribution < 1.29 is 0 Å². The lowest BCUT2D eigenvalue weighted by molar-refractivity contribution is 0.369. The van der Waals surface area contributed by atoms with Crippen LogP contribution in [0.2, 0.25) is 0 Å². The number of hydrogen-bond acceptors (Lipinski definition) is 4. The molecule has 2 rings (SSSR count). The van der Waals surface area contributed by atoms with Crippen LogP contribution < -0.4 is 5.32 Å². The van der Waals surface area contributed by atoms with Gasteiger partial charge < -0.3 is 5.32 Å². The Morgan fingerprint density at radius 1 is 1.50 bits per heavy atom. The van der Waals surface area contributed by atoms with Gasteiger partial charge in [0.05, 0.1) is 11.9 Å². The minimum atomic E-state index is 0.429. The molecule has 0 saturated carbocycles. The van der Waals surface area contributed by atoms with Gasteiger partial charge in [0.1, 0.15) is 0 Å². The van der Waals surface area contributed by atoms with Gasteiger partial charge in [0.2, 0.25) is 0 Å². The van der Waals surface area contributed by atoms with Gasteiger partial charge in [0, 0.05) is 6.42 Å². The summed E-state index contributed by atoms with van der Waals surface area (Å²) >= 11 is 0. The van der Waals surface area contributed by atoms with Crippen LogP contribution in [0, 0.1) is 5.92 Å². The second kappa shape index (κ2) is 5.34. The van der Waals surface area contributed by atoms with Crippen molar-refractivity contribution in [2.45, 2.75) is 39.0 Å². The molecule has 1 aliphatic heterocycles. The van der Waals surface area contributed by atoms with Crippen LogP contribution in [0.5, 0.6) is 0 Å². The molecule has 1 aromatic heterocycles. The molecule has 0 radical (unpaired) electrons. The summed E-state index contributed by atoms with van der Waals surface area (Å²) < 4.78 is 0. The Kier molecular flexibility index (Phi) is 3.83. The first kappa shape index (κ1) is 11.5. The van der Waals surface area contributed by atoms with E-state index in [1.165, 1.54) is 12.8 Å². The standard InChI is InChI=1S/C12H20N4/c1-9(2)11-8-14-16-12(15-11)6-10-4-3-5-13-7-10/h8-10,13H,3-7H2,1-2H3. The van der Waals surface area contributed by atoms with Crippen LogP contribution in [0.1, 0.15) is 44.1 Å². The average Bonchev–Trinajstić information content (AvgIpc) is 2.30. The quantitative estimate of drug-likeness (QED) is 0.839. The summed E-state index contributed by atoms with van der Waals surface area (Å²) in [6, 6.07) is 0. The highest BCUT2D eigenvalue weighted by Gasteiger charge is 2.15. The van der Waals surface area contributed by atoms with Crippen molar-refractivity contribution >= 4 is 0 Å². The summed E-state index contributed by atoms with van der Waals surface area (Å²) in [6.07, 6.45) is 5.28. The van der Waals surface area contributed by atoms with Crippen LogP contribution in [0.15, 0.2) is 6.20 Å². The van der Waals surface area contributed by atoms with E-state index in [-0.39, 0.29) is 0 Å². The predicted molar refractivity (Wildman–Crippen MR) is 63.2 cm³/mol. The molecule has 0 spiro atoms. The molecular formula is C12H20N4. The third kappa shape index (κ3) is 2.98. The van der Waals surface area contributed by atoms with Gasteiger partial charge in [-0.25, -0.2) is 4.98 Å². The topological polar surface area (TPSA) is 50.7 Å². The minimum absolute atomic E-state index is 0.429. The highest BCUT2D eigenvalue weighted by Crippen LogP contribution is 2.15. The first-order valence-corrected chi connectivity index (χ1v) is 6.15. The van der Waals surface area contributed by atoms with Gasteiger partial charge in [-0.1, -0.05) is 13.8 Å².